The number of nitrogens with zero attached hydrogens (tertiary/aromatic N) is 2. The van der Waals surface area contributed by atoms with Gasteiger partial charge in [0, 0.05) is 32.7 Å². The lowest BCUT2D eigenvalue weighted by molar-refractivity contribution is -0.153. The van der Waals surface area contributed by atoms with Gasteiger partial charge in [-0.2, -0.15) is 0 Å². The van der Waals surface area contributed by atoms with Gasteiger partial charge in [0.1, 0.15) is 9.84 Å². The average molecular weight is 399 g/mol. The Morgan fingerprint density at radius 2 is 1.44 bits per heavy atom. The van der Waals surface area contributed by atoms with E-state index < -0.39 is 9.84 Å². The van der Waals surface area contributed by atoms with Gasteiger partial charge in [0.2, 0.25) is 11.8 Å². The Bertz CT molecular complexity index is 684. The second-order valence-corrected chi connectivity index (χ2v) is 11.3. The van der Waals surface area contributed by atoms with Gasteiger partial charge in [0.15, 0.2) is 0 Å². The van der Waals surface area contributed by atoms with Crippen molar-refractivity contribution in [3.05, 3.63) is 0 Å². The predicted octanol–water partition coefficient (Wildman–Crippen LogP) is 2.23. The summed E-state index contributed by atoms with van der Waals surface area (Å²) in [5, 5.41) is -0.178. The standard InChI is InChI=1S/C20H34N2O4S/c1-13-12-21(14(2)23)20-11-17(7-10-19(20)22(13)15(3)24)16-5-8-18(9-6-16)27(4,25)26/h13,16-20H,5-12H2,1-4H3/t13-,16?,17?,18?,19?,20?/m0/s1. The summed E-state index contributed by atoms with van der Waals surface area (Å²) in [6.45, 7) is 5.92. The maximum atomic E-state index is 12.3. The molecule has 0 bridgehead atoms. The van der Waals surface area contributed by atoms with Crippen LogP contribution in [-0.4, -0.2) is 66.2 Å². The summed E-state index contributed by atoms with van der Waals surface area (Å²) >= 11 is 0. The van der Waals surface area contributed by atoms with Crippen LogP contribution in [0.5, 0.6) is 0 Å². The van der Waals surface area contributed by atoms with E-state index in [0.717, 1.165) is 44.9 Å². The second kappa shape index (κ2) is 7.72. The molecule has 3 fully saturated rings. The predicted molar refractivity (Wildman–Crippen MR) is 105 cm³/mol. The molecule has 0 radical (unpaired) electrons. The largest absolute Gasteiger partial charge is 0.336 e. The summed E-state index contributed by atoms with van der Waals surface area (Å²) in [4.78, 5) is 28.5. The first-order chi connectivity index (χ1) is 12.6. The summed E-state index contributed by atoms with van der Waals surface area (Å²) in [5.41, 5.74) is 0. The first kappa shape index (κ1) is 20.6. The number of rotatable bonds is 2. The van der Waals surface area contributed by atoms with Gasteiger partial charge in [-0.1, -0.05) is 0 Å². The molecule has 1 saturated heterocycles. The Morgan fingerprint density at radius 1 is 0.852 bits per heavy atom. The summed E-state index contributed by atoms with van der Waals surface area (Å²) in [6, 6.07) is 0.294. The highest BCUT2D eigenvalue weighted by Crippen LogP contribution is 2.43. The Kier molecular flexibility index (Phi) is 5.90. The molecule has 3 unspecified atom stereocenters. The Labute approximate surface area is 163 Å². The molecule has 3 rings (SSSR count). The number of hydrogen-bond donors (Lipinski definition) is 0. The molecule has 0 aromatic rings. The molecule has 0 spiro atoms. The van der Waals surface area contributed by atoms with E-state index in [2.05, 4.69) is 0 Å². The fraction of sp³-hybridized carbons (Fsp3) is 0.900. The quantitative estimate of drug-likeness (QED) is 0.715. The van der Waals surface area contributed by atoms with Crippen molar-refractivity contribution in [2.24, 2.45) is 11.8 Å². The van der Waals surface area contributed by atoms with Crippen molar-refractivity contribution in [1.29, 1.82) is 0 Å². The van der Waals surface area contributed by atoms with E-state index in [9.17, 15) is 18.0 Å². The molecule has 2 aliphatic carbocycles. The second-order valence-electron chi connectivity index (χ2n) is 9.02. The molecule has 27 heavy (non-hydrogen) atoms. The first-order valence-electron chi connectivity index (χ1n) is 10.3. The van der Waals surface area contributed by atoms with Gasteiger partial charge in [-0.3, -0.25) is 9.59 Å². The van der Waals surface area contributed by atoms with Crippen molar-refractivity contribution in [3.63, 3.8) is 0 Å². The summed E-state index contributed by atoms with van der Waals surface area (Å²) in [5.74, 6) is 1.27. The Balaban J connectivity index is 1.71. The third-order valence-corrected chi connectivity index (χ3v) is 8.96. The zero-order valence-electron chi connectivity index (χ0n) is 17.1. The van der Waals surface area contributed by atoms with Gasteiger partial charge in [0.05, 0.1) is 17.3 Å². The van der Waals surface area contributed by atoms with Crippen LogP contribution in [0, 0.1) is 11.8 Å². The van der Waals surface area contributed by atoms with Crippen molar-refractivity contribution in [3.8, 4) is 0 Å². The molecular weight excluding hydrogens is 364 g/mol. The van der Waals surface area contributed by atoms with Crippen molar-refractivity contribution in [2.75, 3.05) is 12.8 Å². The highest BCUT2D eigenvalue weighted by Gasteiger charge is 2.47. The third-order valence-electron chi connectivity index (χ3n) is 7.27. The molecule has 0 N–H and O–H groups in total. The first-order valence-corrected chi connectivity index (χ1v) is 12.3. The maximum absolute atomic E-state index is 12.3. The van der Waals surface area contributed by atoms with E-state index in [1.807, 2.05) is 16.7 Å². The number of amides is 2. The van der Waals surface area contributed by atoms with E-state index >= 15 is 0 Å². The van der Waals surface area contributed by atoms with Crippen molar-refractivity contribution in [1.82, 2.24) is 9.80 Å². The molecule has 0 aromatic heterocycles. The van der Waals surface area contributed by atoms with Crippen LogP contribution in [0.1, 0.15) is 65.7 Å². The molecule has 154 valence electrons. The van der Waals surface area contributed by atoms with Crippen LogP contribution in [0.25, 0.3) is 0 Å². The van der Waals surface area contributed by atoms with Gasteiger partial charge in [0.25, 0.3) is 0 Å². The molecule has 7 heteroatoms. The van der Waals surface area contributed by atoms with Crippen LogP contribution < -0.4 is 0 Å². The third kappa shape index (κ3) is 4.17. The SMILES string of the molecule is CC(=O)N1C[C@H](C)N(C(C)=O)C2CCC(C3CCC(S(C)(=O)=O)CC3)CC21. The van der Waals surface area contributed by atoms with Crippen LogP contribution in [0.2, 0.25) is 0 Å². The van der Waals surface area contributed by atoms with E-state index in [0.29, 0.717) is 18.4 Å². The van der Waals surface area contributed by atoms with Gasteiger partial charge >= 0.3 is 0 Å². The molecular formula is C20H34N2O4S. The minimum absolute atomic E-state index is 0.0643. The summed E-state index contributed by atoms with van der Waals surface area (Å²) in [6.07, 6.45) is 7.76. The monoisotopic (exact) mass is 398 g/mol. The van der Waals surface area contributed by atoms with Crippen LogP contribution in [0.4, 0.5) is 0 Å². The van der Waals surface area contributed by atoms with Crippen LogP contribution >= 0.6 is 0 Å². The van der Waals surface area contributed by atoms with E-state index in [1.165, 1.54) is 6.26 Å². The maximum Gasteiger partial charge on any atom is 0.220 e. The minimum Gasteiger partial charge on any atom is -0.336 e. The van der Waals surface area contributed by atoms with Crippen LogP contribution in [-0.2, 0) is 19.4 Å². The number of hydrogen-bond acceptors (Lipinski definition) is 4. The van der Waals surface area contributed by atoms with E-state index in [4.69, 9.17) is 0 Å². The molecule has 0 aromatic carbocycles. The Morgan fingerprint density at radius 3 is 1.96 bits per heavy atom. The van der Waals surface area contributed by atoms with Gasteiger partial charge in [-0.05, 0) is 63.7 Å². The average Bonchev–Trinajstić information content (AvgIpc) is 2.59. The van der Waals surface area contributed by atoms with Crippen LogP contribution in [0.3, 0.4) is 0 Å². The van der Waals surface area contributed by atoms with Gasteiger partial charge < -0.3 is 9.80 Å². The van der Waals surface area contributed by atoms with Gasteiger partial charge in [-0.15, -0.1) is 0 Å². The summed E-state index contributed by atoms with van der Waals surface area (Å²) in [7, 11) is -2.94. The lowest BCUT2D eigenvalue weighted by Crippen LogP contribution is -2.66. The van der Waals surface area contributed by atoms with Crippen LogP contribution in [0.15, 0.2) is 0 Å². The lowest BCUT2D eigenvalue weighted by Gasteiger charge is -2.54. The van der Waals surface area contributed by atoms with Crippen molar-refractivity contribution in [2.45, 2.75) is 89.1 Å². The number of carbonyl (C=O) groups is 2. The lowest BCUT2D eigenvalue weighted by atomic mass is 9.69. The highest BCUT2D eigenvalue weighted by atomic mass is 32.2. The number of carbonyl (C=O) groups excluding carboxylic acids is 2. The molecule has 1 aliphatic heterocycles. The van der Waals surface area contributed by atoms with Crippen molar-refractivity contribution >= 4 is 21.7 Å². The number of piperazine rings is 1. The normalized spacial score (nSPS) is 37.6. The van der Waals surface area contributed by atoms with E-state index in [-0.39, 0.29) is 35.2 Å². The smallest absolute Gasteiger partial charge is 0.220 e. The van der Waals surface area contributed by atoms with Crippen molar-refractivity contribution < 1.29 is 18.0 Å². The minimum atomic E-state index is -2.94. The molecule has 1 heterocycles. The molecule has 6 nitrogen and oxygen atoms in total. The Hall–Kier alpha value is -1.11. The molecule has 4 atom stereocenters. The zero-order valence-corrected chi connectivity index (χ0v) is 17.9. The van der Waals surface area contributed by atoms with Gasteiger partial charge in [-0.25, -0.2) is 8.42 Å². The molecule has 3 aliphatic rings. The topological polar surface area (TPSA) is 74.8 Å². The molecule has 2 amide bonds. The number of sulfone groups is 1. The number of fused-ring (bicyclic) bond motifs is 1. The van der Waals surface area contributed by atoms with E-state index in [1.54, 1.807) is 13.8 Å². The molecule has 2 saturated carbocycles. The fourth-order valence-electron chi connectivity index (χ4n) is 5.98. The fourth-order valence-corrected chi connectivity index (χ4v) is 7.11. The highest BCUT2D eigenvalue weighted by molar-refractivity contribution is 7.91. The zero-order chi connectivity index (χ0) is 19.9. The summed E-state index contributed by atoms with van der Waals surface area (Å²) < 4.78 is 23.6.